The van der Waals surface area contributed by atoms with Gasteiger partial charge in [0.2, 0.25) is 0 Å². The average Bonchev–Trinajstić information content (AvgIpc) is 2.54. The van der Waals surface area contributed by atoms with Crippen LogP contribution in [0.25, 0.3) is 0 Å². The van der Waals surface area contributed by atoms with Crippen molar-refractivity contribution in [2.45, 2.75) is 38.1 Å². The molecule has 0 unspecified atom stereocenters. The quantitative estimate of drug-likeness (QED) is 0.712. The Morgan fingerprint density at radius 1 is 1.12 bits per heavy atom. The van der Waals surface area contributed by atoms with Crippen molar-refractivity contribution in [1.82, 2.24) is 10.2 Å². The summed E-state index contributed by atoms with van der Waals surface area (Å²) in [4.78, 5) is 2.42. The monoisotopic (exact) mass is 442 g/mol. The molecule has 0 bridgehead atoms. The summed E-state index contributed by atoms with van der Waals surface area (Å²) in [6, 6.07) is 2.99. The Kier molecular flexibility index (Phi) is 9.31. The fraction of sp³-hybridized carbons (Fsp3) is 0.647. The Morgan fingerprint density at radius 3 is 2.38 bits per heavy atom. The molecule has 138 valence electrons. The van der Waals surface area contributed by atoms with Crippen molar-refractivity contribution < 1.29 is 9.50 Å². The lowest BCUT2D eigenvalue weighted by Gasteiger charge is -2.41. The Hall–Kier alpha value is -0.0700. The maximum atomic E-state index is 13.9. The fourth-order valence-corrected chi connectivity index (χ4v) is 4.42. The minimum atomic E-state index is -0.282. The molecule has 1 saturated heterocycles. The first kappa shape index (κ1) is 22.0. The van der Waals surface area contributed by atoms with Gasteiger partial charge in [0.25, 0.3) is 0 Å². The molecule has 0 spiro atoms. The second-order valence-corrected chi connectivity index (χ2v) is 7.31. The third-order valence-corrected chi connectivity index (χ3v) is 5.62. The van der Waals surface area contributed by atoms with E-state index in [1.54, 1.807) is 0 Å². The maximum absolute atomic E-state index is 13.9. The highest BCUT2D eigenvalue weighted by Gasteiger charge is 2.33. The van der Waals surface area contributed by atoms with E-state index >= 15 is 0 Å². The summed E-state index contributed by atoms with van der Waals surface area (Å²) in [7, 11) is 0. The molecular weight excluding hydrogens is 418 g/mol. The molecule has 24 heavy (non-hydrogen) atoms. The van der Waals surface area contributed by atoms with E-state index < -0.39 is 0 Å². The molecule has 1 aliphatic heterocycles. The summed E-state index contributed by atoms with van der Waals surface area (Å²) < 4.78 is 14.4. The zero-order chi connectivity index (χ0) is 15.5. The van der Waals surface area contributed by atoms with Crippen LogP contribution in [-0.4, -0.2) is 36.2 Å². The minimum absolute atomic E-state index is 0. The zero-order valence-electron chi connectivity index (χ0n) is 13.6. The molecule has 2 fully saturated rings. The van der Waals surface area contributed by atoms with Gasteiger partial charge in [-0.2, -0.15) is 0 Å². The first-order valence-corrected chi connectivity index (χ1v) is 9.09. The number of hydrogen-bond donors (Lipinski definition) is 2. The van der Waals surface area contributed by atoms with Crippen LogP contribution in [0.3, 0.4) is 0 Å². The van der Waals surface area contributed by atoms with Crippen molar-refractivity contribution in [3.05, 3.63) is 28.0 Å². The van der Waals surface area contributed by atoms with Crippen LogP contribution in [0, 0.1) is 11.7 Å². The fourth-order valence-electron chi connectivity index (χ4n) is 3.97. The summed E-state index contributed by atoms with van der Waals surface area (Å²) in [5.74, 6) is 0.428. The van der Waals surface area contributed by atoms with Gasteiger partial charge < -0.3 is 10.4 Å². The maximum Gasteiger partial charge on any atom is 0.134 e. The molecule has 0 aromatic heterocycles. The highest BCUT2D eigenvalue weighted by Crippen LogP contribution is 2.43. The molecule has 2 N–H and O–H groups in total. The molecule has 1 heterocycles. The summed E-state index contributed by atoms with van der Waals surface area (Å²) in [6.45, 7) is 3.82. The Morgan fingerprint density at radius 2 is 1.75 bits per heavy atom. The number of phenolic OH excluding ortho intramolecular Hbond substituents is 1. The van der Waals surface area contributed by atoms with Crippen molar-refractivity contribution in [3.8, 4) is 5.75 Å². The largest absolute Gasteiger partial charge is 0.506 e. The second kappa shape index (κ2) is 10.2. The van der Waals surface area contributed by atoms with Gasteiger partial charge in [0.05, 0.1) is 4.47 Å². The van der Waals surface area contributed by atoms with Crippen LogP contribution in [0.15, 0.2) is 16.6 Å². The van der Waals surface area contributed by atoms with E-state index in [1.165, 1.54) is 44.2 Å². The van der Waals surface area contributed by atoms with Crippen molar-refractivity contribution in [2.75, 3.05) is 26.2 Å². The summed E-state index contributed by atoms with van der Waals surface area (Å²) in [5.41, 5.74) is 0.751. The van der Waals surface area contributed by atoms with Gasteiger partial charge >= 0.3 is 0 Å². The van der Waals surface area contributed by atoms with Crippen LogP contribution in [0.4, 0.5) is 4.39 Å². The number of halogens is 4. The predicted molar refractivity (Wildman–Crippen MR) is 104 cm³/mol. The molecule has 1 aromatic carbocycles. The normalized spacial score (nSPS) is 20.8. The van der Waals surface area contributed by atoms with Gasteiger partial charge in [-0.1, -0.05) is 19.3 Å². The Labute approximate surface area is 164 Å². The molecule has 0 radical (unpaired) electrons. The van der Waals surface area contributed by atoms with E-state index in [0.29, 0.717) is 10.4 Å². The summed E-state index contributed by atoms with van der Waals surface area (Å²) in [5, 5.41) is 13.9. The first-order chi connectivity index (χ1) is 10.7. The standard InChI is InChI=1S/C17H24BrFN2O.2ClH/c18-15-11-13(19)10-14(17(15)22)16(12-4-2-1-3-5-12)21-8-6-20-7-9-21;;/h10-12,16,20,22H,1-9H2;2*1H/t16-;;/m1../s1. The number of aromatic hydroxyl groups is 1. The molecule has 0 amide bonds. The van der Waals surface area contributed by atoms with Crippen LogP contribution in [0.5, 0.6) is 5.75 Å². The van der Waals surface area contributed by atoms with Gasteiger partial charge in [0.15, 0.2) is 0 Å². The molecule has 7 heteroatoms. The molecule has 3 rings (SSSR count). The first-order valence-electron chi connectivity index (χ1n) is 8.29. The van der Waals surface area contributed by atoms with Crippen LogP contribution < -0.4 is 5.32 Å². The van der Waals surface area contributed by atoms with E-state index in [1.807, 2.05) is 0 Å². The van der Waals surface area contributed by atoms with Crippen LogP contribution in [0.2, 0.25) is 0 Å². The molecule has 1 saturated carbocycles. The van der Waals surface area contributed by atoms with Crippen LogP contribution in [0.1, 0.15) is 43.7 Å². The smallest absolute Gasteiger partial charge is 0.134 e. The molecule has 3 nitrogen and oxygen atoms in total. The Bertz CT molecular complexity index is 506. The number of rotatable bonds is 3. The third-order valence-electron chi connectivity index (χ3n) is 5.02. The average molecular weight is 444 g/mol. The molecule has 1 aliphatic carbocycles. The lowest BCUT2D eigenvalue weighted by atomic mass is 9.80. The van der Waals surface area contributed by atoms with Crippen molar-refractivity contribution in [2.24, 2.45) is 5.92 Å². The van der Waals surface area contributed by atoms with Gasteiger partial charge in [-0.25, -0.2) is 4.39 Å². The lowest BCUT2D eigenvalue weighted by Crippen LogP contribution is -2.47. The van der Waals surface area contributed by atoms with Gasteiger partial charge in [0, 0.05) is 37.8 Å². The highest BCUT2D eigenvalue weighted by atomic mass is 79.9. The van der Waals surface area contributed by atoms with Crippen molar-refractivity contribution in [3.63, 3.8) is 0 Å². The molecule has 1 atom stereocenters. The second-order valence-electron chi connectivity index (χ2n) is 6.45. The molecular formula is C17H26BrCl2FN2O. The van der Waals surface area contributed by atoms with E-state index in [-0.39, 0.29) is 42.4 Å². The van der Waals surface area contributed by atoms with Gasteiger partial charge in [-0.05, 0) is 46.8 Å². The number of nitrogens with one attached hydrogen (secondary N) is 1. The Balaban J connectivity index is 0.00000144. The number of nitrogens with zero attached hydrogens (tertiary/aromatic N) is 1. The van der Waals surface area contributed by atoms with Crippen molar-refractivity contribution in [1.29, 1.82) is 0 Å². The minimum Gasteiger partial charge on any atom is -0.506 e. The molecule has 1 aromatic rings. The SMILES string of the molecule is Cl.Cl.Oc1c(Br)cc(F)cc1[C@@H](C1CCCCC1)N1CCNCC1. The predicted octanol–water partition coefficient (Wildman–Crippen LogP) is 4.66. The summed E-state index contributed by atoms with van der Waals surface area (Å²) in [6.07, 6.45) is 6.11. The van der Waals surface area contributed by atoms with E-state index in [2.05, 4.69) is 26.1 Å². The van der Waals surface area contributed by atoms with E-state index in [9.17, 15) is 9.50 Å². The number of benzene rings is 1. The van der Waals surface area contributed by atoms with Gasteiger partial charge in [-0.3, -0.25) is 4.90 Å². The third kappa shape index (κ3) is 4.98. The number of phenols is 1. The highest BCUT2D eigenvalue weighted by molar-refractivity contribution is 9.10. The summed E-state index contributed by atoms with van der Waals surface area (Å²) >= 11 is 3.29. The van der Waals surface area contributed by atoms with E-state index in [4.69, 9.17) is 0 Å². The van der Waals surface area contributed by atoms with Gasteiger partial charge in [0.1, 0.15) is 11.6 Å². The lowest BCUT2D eigenvalue weighted by molar-refractivity contribution is 0.101. The van der Waals surface area contributed by atoms with Crippen LogP contribution in [-0.2, 0) is 0 Å². The number of piperazine rings is 1. The topological polar surface area (TPSA) is 35.5 Å². The van der Waals surface area contributed by atoms with Crippen LogP contribution >= 0.6 is 40.7 Å². The van der Waals surface area contributed by atoms with E-state index in [0.717, 1.165) is 31.7 Å². The van der Waals surface area contributed by atoms with Crippen molar-refractivity contribution >= 4 is 40.7 Å². The molecule has 2 aliphatic rings. The van der Waals surface area contributed by atoms with Gasteiger partial charge in [-0.15, -0.1) is 24.8 Å². The zero-order valence-corrected chi connectivity index (χ0v) is 16.9. The number of hydrogen-bond acceptors (Lipinski definition) is 3.